The molecule has 1 amide bonds. The second kappa shape index (κ2) is 11.3. The average Bonchev–Trinajstić information content (AvgIpc) is 2.77. The zero-order valence-corrected chi connectivity index (χ0v) is 23.1. The molecule has 0 saturated carbocycles. The van der Waals surface area contributed by atoms with Gasteiger partial charge in [0.2, 0.25) is 21.9 Å². The maximum absolute atomic E-state index is 12.7. The lowest BCUT2D eigenvalue weighted by molar-refractivity contribution is -0.116. The molecule has 0 aliphatic carbocycles. The van der Waals surface area contributed by atoms with Gasteiger partial charge in [0.25, 0.3) is 10.0 Å². The van der Waals surface area contributed by atoms with Gasteiger partial charge in [-0.15, -0.1) is 0 Å². The monoisotopic (exact) mass is 545 g/mol. The van der Waals surface area contributed by atoms with E-state index >= 15 is 0 Å². The predicted molar refractivity (Wildman–Crippen MR) is 145 cm³/mol. The van der Waals surface area contributed by atoms with Crippen LogP contribution in [0.2, 0.25) is 0 Å². The lowest BCUT2D eigenvalue weighted by atomic mass is 10.1. The predicted octanol–water partition coefficient (Wildman–Crippen LogP) is 3.70. The van der Waals surface area contributed by atoms with Crippen LogP contribution in [0.25, 0.3) is 0 Å². The summed E-state index contributed by atoms with van der Waals surface area (Å²) in [7, 11) is -7.44. The van der Waals surface area contributed by atoms with E-state index in [4.69, 9.17) is 0 Å². The summed E-state index contributed by atoms with van der Waals surface area (Å²) in [5, 5.41) is 2.71. The summed E-state index contributed by atoms with van der Waals surface area (Å²) in [6, 6.07) is 13.0. The topological polar surface area (TPSA) is 138 Å². The third-order valence-electron chi connectivity index (χ3n) is 5.46. The summed E-state index contributed by atoms with van der Waals surface area (Å²) in [6.07, 6.45) is 1.53. The number of hydrogen-bond acceptors (Lipinski definition) is 7. The highest BCUT2D eigenvalue weighted by Gasteiger charge is 2.20. The van der Waals surface area contributed by atoms with E-state index in [9.17, 15) is 21.6 Å². The zero-order chi connectivity index (χ0) is 27.4. The van der Waals surface area contributed by atoms with Gasteiger partial charge in [-0.2, -0.15) is 0 Å². The van der Waals surface area contributed by atoms with E-state index in [2.05, 4.69) is 20.0 Å². The van der Waals surface area contributed by atoms with Crippen LogP contribution in [0, 0.1) is 27.7 Å². The Bertz CT molecular complexity index is 1480. The van der Waals surface area contributed by atoms with Crippen LogP contribution in [0.15, 0.2) is 53.4 Å². The normalized spacial score (nSPS) is 11.7. The van der Waals surface area contributed by atoms with Gasteiger partial charge in [0.05, 0.1) is 16.8 Å². The fourth-order valence-electron chi connectivity index (χ4n) is 3.73. The van der Waals surface area contributed by atoms with Gasteiger partial charge in [-0.05, 0) is 81.6 Å². The highest BCUT2D eigenvalue weighted by Crippen LogP contribution is 2.24. The number of nitrogens with one attached hydrogen (secondary N) is 2. The molecule has 0 fully saturated rings. The molecule has 0 saturated heterocycles. The van der Waals surface area contributed by atoms with Crippen molar-refractivity contribution in [2.24, 2.45) is 0 Å². The molecule has 2 N–H and O–H groups in total. The van der Waals surface area contributed by atoms with E-state index in [1.165, 1.54) is 28.6 Å². The van der Waals surface area contributed by atoms with Crippen molar-refractivity contribution in [3.05, 3.63) is 71.0 Å². The molecule has 0 bridgehead atoms. The number of carbonyl (C=O) groups excluding carboxylic acids is 1. The molecule has 0 atom stereocenters. The number of hydrogen-bond donors (Lipinski definition) is 2. The standard InChI is InChI=1S/C25H31N5O5S2/c1-17-8-9-18(2)23(15-17)30(36(5,32)33)14-6-7-24(31)28-21-10-12-22(13-11-21)37(34,35)29-25-26-19(3)16-20(4)27-25/h8-13,15-16H,6-7,14H2,1-5H3,(H,28,31)(H,26,27,29). The number of benzene rings is 2. The van der Waals surface area contributed by atoms with Crippen LogP contribution < -0.4 is 14.3 Å². The van der Waals surface area contributed by atoms with Crippen LogP contribution in [0.3, 0.4) is 0 Å². The molecule has 2 aromatic carbocycles. The molecule has 12 heteroatoms. The number of rotatable bonds is 10. The summed E-state index contributed by atoms with van der Waals surface area (Å²) in [5.74, 6) is -0.328. The number of aryl methyl sites for hydroxylation is 4. The molecule has 198 valence electrons. The largest absolute Gasteiger partial charge is 0.326 e. The summed E-state index contributed by atoms with van der Waals surface area (Å²) in [5.41, 5.74) is 4.05. The zero-order valence-electron chi connectivity index (χ0n) is 21.4. The molecule has 1 aromatic heterocycles. The molecule has 0 aliphatic rings. The highest BCUT2D eigenvalue weighted by molar-refractivity contribution is 7.92. The first-order valence-corrected chi connectivity index (χ1v) is 14.9. The Morgan fingerprint density at radius 3 is 2.11 bits per heavy atom. The Labute approximate surface area is 218 Å². The second-order valence-electron chi connectivity index (χ2n) is 8.88. The quantitative estimate of drug-likeness (QED) is 0.396. The van der Waals surface area contributed by atoms with Crippen LogP contribution in [0.1, 0.15) is 35.4 Å². The number of nitrogens with zero attached hydrogens (tertiary/aromatic N) is 3. The number of amides is 1. The average molecular weight is 546 g/mol. The van der Waals surface area contributed by atoms with Crippen molar-refractivity contribution in [3.8, 4) is 0 Å². The van der Waals surface area contributed by atoms with Crippen LogP contribution in [-0.2, 0) is 24.8 Å². The van der Waals surface area contributed by atoms with Crippen molar-refractivity contribution in [2.45, 2.75) is 45.4 Å². The molecule has 10 nitrogen and oxygen atoms in total. The lowest BCUT2D eigenvalue weighted by Gasteiger charge is -2.24. The molecule has 0 radical (unpaired) electrons. The molecular weight excluding hydrogens is 514 g/mol. The van der Waals surface area contributed by atoms with E-state index in [1.807, 2.05) is 32.0 Å². The smallest absolute Gasteiger partial charge is 0.264 e. The van der Waals surface area contributed by atoms with Crippen LogP contribution >= 0.6 is 0 Å². The van der Waals surface area contributed by atoms with Crippen molar-refractivity contribution in [2.75, 3.05) is 27.1 Å². The molecule has 3 rings (SSSR count). The van der Waals surface area contributed by atoms with Gasteiger partial charge in [-0.3, -0.25) is 9.10 Å². The Hall–Kier alpha value is -3.51. The van der Waals surface area contributed by atoms with E-state index in [0.717, 1.165) is 17.4 Å². The van der Waals surface area contributed by atoms with Crippen LogP contribution in [0.5, 0.6) is 0 Å². The van der Waals surface area contributed by atoms with Gasteiger partial charge in [-0.25, -0.2) is 31.5 Å². The molecule has 0 unspecified atom stereocenters. The number of carbonyl (C=O) groups is 1. The van der Waals surface area contributed by atoms with Crippen molar-refractivity contribution < 1.29 is 21.6 Å². The van der Waals surface area contributed by atoms with Gasteiger partial charge >= 0.3 is 0 Å². The van der Waals surface area contributed by atoms with Crippen molar-refractivity contribution in [1.82, 2.24) is 9.97 Å². The Kier molecular flexibility index (Phi) is 8.54. The molecule has 0 aliphatic heterocycles. The van der Waals surface area contributed by atoms with Gasteiger partial charge in [-0.1, -0.05) is 12.1 Å². The molecule has 1 heterocycles. The Morgan fingerprint density at radius 1 is 0.892 bits per heavy atom. The third-order valence-corrected chi connectivity index (χ3v) is 7.98. The van der Waals surface area contributed by atoms with Crippen molar-refractivity contribution in [3.63, 3.8) is 0 Å². The molecule has 37 heavy (non-hydrogen) atoms. The van der Waals surface area contributed by atoms with E-state index in [-0.39, 0.29) is 29.7 Å². The number of anilines is 3. The van der Waals surface area contributed by atoms with E-state index < -0.39 is 20.0 Å². The van der Waals surface area contributed by atoms with Crippen molar-refractivity contribution in [1.29, 1.82) is 0 Å². The van der Waals surface area contributed by atoms with Gasteiger partial charge in [0.15, 0.2) is 0 Å². The fraction of sp³-hybridized carbons (Fsp3) is 0.320. The summed E-state index contributed by atoms with van der Waals surface area (Å²) in [4.78, 5) is 20.6. The summed E-state index contributed by atoms with van der Waals surface area (Å²) < 4.78 is 53.8. The van der Waals surface area contributed by atoms with E-state index in [0.29, 0.717) is 29.2 Å². The van der Waals surface area contributed by atoms with E-state index in [1.54, 1.807) is 19.9 Å². The SMILES string of the molecule is Cc1ccc(C)c(N(CCCC(=O)Nc2ccc(S(=O)(=O)Nc3nc(C)cc(C)n3)cc2)S(C)(=O)=O)c1. The van der Waals surface area contributed by atoms with Gasteiger partial charge in [0.1, 0.15) is 0 Å². The third kappa shape index (κ3) is 7.73. The minimum Gasteiger partial charge on any atom is -0.326 e. The fourth-order valence-corrected chi connectivity index (χ4v) is 5.69. The summed E-state index contributed by atoms with van der Waals surface area (Å²) in [6.45, 7) is 7.37. The van der Waals surface area contributed by atoms with Gasteiger partial charge < -0.3 is 5.32 Å². The minimum absolute atomic E-state index is 0.00873. The highest BCUT2D eigenvalue weighted by atomic mass is 32.2. The number of sulfonamides is 2. The van der Waals surface area contributed by atoms with Crippen LogP contribution in [-0.4, -0.2) is 45.5 Å². The van der Waals surface area contributed by atoms with Crippen LogP contribution in [0.4, 0.5) is 17.3 Å². The van der Waals surface area contributed by atoms with Gasteiger partial charge in [0, 0.05) is 30.0 Å². The number of aromatic nitrogens is 2. The Morgan fingerprint density at radius 2 is 1.51 bits per heavy atom. The first-order chi connectivity index (χ1) is 17.2. The molecule has 3 aromatic rings. The molecule has 0 spiro atoms. The minimum atomic E-state index is -3.91. The Balaban J connectivity index is 1.60. The van der Waals surface area contributed by atoms with Crippen molar-refractivity contribution >= 4 is 43.3 Å². The maximum atomic E-state index is 12.7. The maximum Gasteiger partial charge on any atom is 0.264 e. The summed E-state index contributed by atoms with van der Waals surface area (Å²) >= 11 is 0. The lowest BCUT2D eigenvalue weighted by Crippen LogP contribution is -2.32. The second-order valence-corrected chi connectivity index (χ2v) is 12.5. The first kappa shape index (κ1) is 28.1. The molecular formula is C25H31N5O5S2. The first-order valence-electron chi connectivity index (χ1n) is 11.5.